The highest BCUT2D eigenvalue weighted by Crippen LogP contribution is 2.37. The Kier molecular flexibility index (Phi) is 6.30. The van der Waals surface area contributed by atoms with Crippen molar-refractivity contribution in [1.82, 2.24) is 25.0 Å². The molecule has 2 aliphatic heterocycles. The summed E-state index contributed by atoms with van der Waals surface area (Å²) >= 11 is 0. The Hall–Kier alpha value is -2.76. The number of aryl methyl sites for hydroxylation is 1. The first-order valence-electron chi connectivity index (χ1n) is 10.2. The zero-order chi connectivity index (χ0) is 21.0. The molecule has 2 aliphatic rings. The molecule has 0 fully saturated rings. The van der Waals surface area contributed by atoms with Crippen molar-refractivity contribution in [3.05, 3.63) is 11.6 Å². The van der Waals surface area contributed by atoms with Crippen LogP contribution in [-0.4, -0.2) is 50.2 Å². The minimum absolute atomic E-state index is 0.0382. The second-order valence-corrected chi connectivity index (χ2v) is 8.16. The van der Waals surface area contributed by atoms with Gasteiger partial charge in [0.15, 0.2) is 11.5 Å². The van der Waals surface area contributed by atoms with Gasteiger partial charge >= 0.3 is 0 Å². The molecular weight excluding hydrogens is 370 g/mol. The summed E-state index contributed by atoms with van der Waals surface area (Å²) in [6.07, 6.45) is 9.30. The van der Waals surface area contributed by atoms with Crippen LogP contribution in [0.5, 0.6) is 0 Å². The van der Waals surface area contributed by atoms with Crippen LogP contribution in [0.1, 0.15) is 57.6 Å². The SMILES string of the molecule is C#CCCC1(CCC(=O)NC(C(=O)N(C)Cc2nnc3n2CCC3)C(C)C)N=N1. The molecule has 1 atom stereocenters. The Bertz CT molecular complexity index is 830. The smallest absolute Gasteiger partial charge is 0.245 e. The molecule has 0 saturated carbocycles. The zero-order valence-electron chi connectivity index (χ0n) is 17.4. The lowest BCUT2D eigenvalue weighted by Gasteiger charge is -2.27. The standard InChI is InChI=1S/C20H29N7O2/c1-5-6-10-20(24-25-20)11-9-17(28)21-18(14(2)3)19(29)26(4)13-16-23-22-15-8-7-12-27(15)16/h1,14,18H,6-13H2,2-4H3,(H,21,28). The van der Waals surface area contributed by atoms with Gasteiger partial charge in [-0.15, -0.1) is 22.5 Å². The van der Waals surface area contributed by atoms with Crippen LogP contribution < -0.4 is 5.32 Å². The molecule has 156 valence electrons. The van der Waals surface area contributed by atoms with Gasteiger partial charge < -0.3 is 14.8 Å². The molecule has 0 spiro atoms. The predicted octanol–water partition coefficient (Wildman–Crippen LogP) is 1.68. The van der Waals surface area contributed by atoms with Crippen molar-refractivity contribution < 1.29 is 9.59 Å². The number of carbonyl (C=O) groups is 2. The lowest BCUT2D eigenvalue weighted by Crippen LogP contribution is -2.50. The van der Waals surface area contributed by atoms with Crippen molar-refractivity contribution in [2.24, 2.45) is 16.1 Å². The number of rotatable bonds is 10. The van der Waals surface area contributed by atoms with Crippen LogP contribution in [0.25, 0.3) is 0 Å². The van der Waals surface area contributed by atoms with E-state index in [2.05, 4.69) is 36.2 Å². The molecule has 1 N–H and O–H groups in total. The lowest BCUT2D eigenvalue weighted by atomic mass is 10.00. The quantitative estimate of drug-likeness (QED) is 0.604. The van der Waals surface area contributed by atoms with Crippen molar-refractivity contribution in [2.75, 3.05) is 7.05 Å². The van der Waals surface area contributed by atoms with Crippen molar-refractivity contribution >= 4 is 11.8 Å². The number of amides is 2. The van der Waals surface area contributed by atoms with E-state index in [9.17, 15) is 9.59 Å². The highest BCUT2D eigenvalue weighted by Gasteiger charge is 2.39. The maximum absolute atomic E-state index is 13.0. The number of hydrogen-bond donors (Lipinski definition) is 1. The summed E-state index contributed by atoms with van der Waals surface area (Å²) in [5, 5.41) is 19.4. The van der Waals surface area contributed by atoms with Crippen LogP contribution in [0, 0.1) is 18.3 Å². The van der Waals surface area contributed by atoms with Crippen molar-refractivity contribution in [2.45, 2.75) is 77.2 Å². The fourth-order valence-corrected chi connectivity index (χ4v) is 3.60. The number of likely N-dealkylation sites (N-methyl/N-ethyl adjacent to an activating group) is 1. The van der Waals surface area contributed by atoms with E-state index in [0.717, 1.165) is 31.0 Å². The summed E-state index contributed by atoms with van der Waals surface area (Å²) in [5.74, 6) is 3.99. The third-order valence-corrected chi connectivity index (χ3v) is 5.50. The highest BCUT2D eigenvalue weighted by atomic mass is 16.2. The largest absolute Gasteiger partial charge is 0.344 e. The fraction of sp³-hybridized carbons (Fsp3) is 0.700. The first-order valence-corrected chi connectivity index (χ1v) is 10.2. The van der Waals surface area contributed by atoms with Gasteiger partial charge in [0.25, 0.3) is 0 Å². The number of nitrogens with zero attached hydrogens (tertiary/aromatic N) is 6. The molecule has 0 bridgehead atoms. The molecule has 3 heterocycles. The average molecular weight is 399 g/mol. The number of fused-ring (bicyclic) bond motifs is 1. The first-order chi connectivity index (χ1) is 13.8. The molecule has 2 amide bonds. The monoisotopic (exact) mass is 399 g/mol. The van der Waals surface area contributed by atoms with E-state index in [1.165, 1.54) is 0 Å². The lowest BCUT2D eigenvalue weighted by molar-refractivity contribution is -0.137. The Morgan fingerprint density at radius 1 is 1.31 bits per heavy atom. The van der Waals surface area contributed by atoms with Crippen molar-refractivity contribution in [3.8, 4) is 12.3 Å². The molecular formula is C20H29N7O2. The Morgan fingerprint density at radius 3 is 2.72 bits per heavy atom. The van der Waals surface area contributed by atoms with Crippen LogP contribution >= 0.6 is 0 Å². The maximum Gasteiger partial charge on any atom is 0.245 e. The summed E-state index contributed by atoms with van der Waals surface area (Å²) in [6.45, 7) is 5.11. The van der Waals surface area contributed by atoms with Crippen molar-refractivity contribution in [3.63, 3.8) is 0 Å². The van der Waals surface area contributed by atoms with Gasteiger partial charge in [0.2, 0.25) is 11.8 Å². The van der Waals surface area contributed by atoms with Crippen LogP contribution in [0.4, 0.5) is 0 Å². The number of hydrogen-bond acceptors (Lipinski definition) is 6. The zero-order valence-corrected chi connectivity index (χ0v) is 17.4. The number of terminal acetylenes is 1. The number of carbonyl (C=O) groups excluding carboxylic acids is 2. The second kappa shape index (κ2) is 8.72. The van der Waals surface area contributed by atoms with E-state index in [1.54, 1.807) is 11.9 Å². The van der Waals surface area contributed by atoms with Gasteiger partial charge in [0.05, 0.1) is 6.54 Å². The summed E-state index contributed by atoms with van der Waals surface area (Å²) in [5.41, 5.74) is -0.494. The van der Waals surface area contributed by atoms with E-state index >= 15 is 0 Å². The molecule has 1 aromatic rings. The summed E-state index contributed by atoms with van der Waals surface area (Å²) in [6, 6.07) is -0.594. The molecule has 0 aliphatic carbocycles. The predicted molar refractivity (Wildman–Crippen MR) is 106 cm³/mol. The van der Waals surface area contributed by atoms with E-state index in [1.807, 2.05) is 13.8 Å². The van der Waals surface area contributed by atoms with E-state index in [0.29, 0.717) is 25.8 Å². The molecule has 0 aromatic carbocycles. The van der Waals surface area contributed by atoms with E-state index in [4.69, 9.17) is 6.42 Å². The topological polar surface area (TPSA) is 105 Å². The minimum atomic E-state index is -0.594. The van der Waals surface area contributed by atoms with Crippen LogP contribution in [0.15, 0.2) is 10.2 Å². The molecule has 1 aromatic heterocycles. The Labute approximate surface area is 171 Å². The Morgan fingerprint density at radius 2 is 2.07 bits per heavy atom. The molecule has 9 heteroatoms. The van der Waals surface area contributed by atoms with E-state index < -0.39 is 11.7 Å². The number of aromatic nitrogens is 3. The molecule has 0 radical (unpaired) electrons. The third-order valence-electron chi connectivity index (χ3n) is 5.50. The molecule has 29 heavy (non-hydrogen) atoms. The van der Waals surface area contributed by atoms with Crippen LogP contribution in [0.3, 0.4) is 0 Å². The minimum Gasteiger partial charge on any atom is -0.344 e. The highest BCUT2D eigenvalue weighted by molar-refractivity contribution is 5.87. The number of nitrogens with one attached hydrogen (secondary N) is 1. The summed E-state index contributed by atoms with van der Waals surface area (Å²) < 4.78 is 2.07. The van der Waals surface area contributed by atoms with Gasteiger partial charge in [-0.2, -0.15) is 10.2 Å². The van der Waals surface area contributed by atoms with Gasteiger partial charge in [-0.3, -0.25) is 9.59 Å². The van der Waals surface area contributed by atoms with Gasteiger partial charge in [0, 0.05) is 45.7 Å². The second-order valence-electron chi connectivity index (χ2n) is 8.16. The average Bonchev–Trinajstić information content (AvgIpc) is 3.13. The molecule has 1 unspecified atom stereocenters. The van der Waals surface area contributed by atoms with Gasteiger partial charge in [-0.1, -0.05) is 13.8 Å². The van der Waals surface area contributed by atoms with E-state index in [-0.39, 0.29) is 24.2 Å². The maximum atomic E-state index is 13.0. The van der Waals surface area contributed by atoms with Crippen LogP contribution in [-0.2, 0) is 29.1 Å². The summed E-state index contributed by atoms with van der Waals surface area (Å²) in [4.78, 5) is 27.1. The van der Waals surface area contributed by atoms with Crippen LogP contribution in [0.2, 0.25) is 0 Å². The van der Waals surface area contributed by atoms with Gasteiger partial charge in [0.1, 0.15) is 11.9 Å². The summed E-state index contributed by atoms with van der Waals surface area (Å²) in [7, 11) is 1.73. The van der Waals surface area contributed by atoms with Gasteiger partial charge in [-0.25, -0.2) is 0 Å². The fourth-order valence-electron chi connectivity index (χ4n) is 3.60. The molecule has 3 rings (SSSR count). The van der Waals surface area contributed by atoms with Crippen molar-refractivity contribution in [1.29, 1.82) is 0 Å². The molecule has 0 saturated heterocycles. The third kappa shape index (κ3) is 5.00. The Balaban J connectivity index is 1.53. The normalized spacial score (nSPS) is 16.9. The van der Waals surface area contributed by atoms with Gasteiger partial charge in [-0.05, 0) is 12.3 Å². The first kappa shape index (κ1) is 21.0. The molecule has 9 nitrogen and oxygen atoms in total.